The summed E-state index contributed by atoms with van der Waals surface area (Å²) >= 11 is 0. The fourth-order valence-corrected chi connectivity index (χ4v) is 2.32. The molecule has 5 N–H and O–H groups in total. The van der Waals surface area contributed by atoms with E-state index in [0.717, 1.165) is 6.07 Å². The van der Waals surface area contributed by atoms with Crippen LogP contribution in [0.4, 0.5) is 10.1 Å². The predicted octanol–water partition coefficient (Wildman–Crippen LogP) is 2.08. The largest absolute Gasteiger partial charge is 0.491 e. The highest BCUT2D eigenvalue weighted by Crippen LogP contribution is 2.38. The summed E-state index contributed by atoms with van der Waals surface area (Å²) in [5, 5.41) is 9.12. The average molecular weight is 336 g/mol. The second-order valence-corrected chi connectivity index (χ2v) is 6.78. The van der Waals surface area contributed by atoms with Gasteiger partial charge in [0.15, 0.2) is 0 Å². The van der Waals surface area contributed by atoms with Crippen LogP contribution in [0.5, 0.6) is 0 Å². The molecule has 1 aliphatic rings. The van der Waals surface area contributed by atoms with Crippen LogP contribution in [-0.4, -0.2) is 35.9 Å². The third-order valence-electron chi connectivity index (χ3n) is 4.53. The lowest BCUT2D eigenvalue weighted by Crippen LogP contribution is -2.41. The van der Waals surface area contributed by atoms with E-state index in [9.17, 15) is 9.18 Å². The van der Waals surface area contributed by atoms with Crippen LogP contribution in [0.1, 0.15) is 43.6 Å². The van der Waals surface area contributed by atoms with Gasteiger partial charge in [0.1, 0.15) is 5.82 Å². The molecule has 0 saturated carbocycles. The smallest absolute Gasteiger partial charge is 0.478 e. The van der Waals surface area contributed by atoms with Crippen LogP contribution in [0.15, 0.2) is 17.6 Å². The minimum Gasteiger partial charge on any atom is -0.478 e. The summed E-state index contributed by atoms with van der Waals surface area (Å²) in [5.74, 6) is -1.87. The molecule has 1 heterocycles. The molecular weight excluding hydrogens is 314 g/mol. The first-order valence-electron chi connectivity index (χ1n) is 7.57. The molecule has 0 bridgehead atoms. The summed E-state index contributed by atoms with van der Waals surface area (Å²) in [6.07, 6.45) is 1.45. The van der Waals surface area contributed by atoms with E-state index in [2.05, 4.69) is 0 Å². The van der Waals surface area contributed by atoms with Crippen molar-refractivity contribution in [2.75, 3.05) is 12.3 Å². The van der Waals surface area contributed by atoms with Crippen LogP contribution in [0.2, 0.25) is 0 Å². The number of benzene rings is 1. The molecule has 8 heteroatoms. The van der Waals surface area contributed by atoms with Crippen LogP contribution in [0, 0.1) is 5.82 Å². The maximum absolute atomic E-state index is 14.1. The van der Waals surface area contributed by atoms with Crippen molar-refractivity contribution in [3.8, 4) is 0 Å². The highest BCUT2D eigenvalue weighted by atomic mass is 19.1. The number of aromatic carboxylic acids is 1. The lowest BCUT2D eigenvalue weighted by Gasteiger charge is -2.32. The number of hydrogen-bond donors (Lipinski definition) is 3. The SMILES string of the molecule is CC1(C)OB(C(=Cc2cc(C(=O)O)c(N)cc2F)CN)OC1(C)C. The van der Waals surface area contributed by atoms with Gasteiger partial charge in [-0.15, -0.1) is 0 Å². The third-order valence-corrected chi connectivity index (χ3v) is 4.53. The minimum atomic E-state index is -1.23. The van der Waals surface area contributed by atoms with Gasteiger partial charge in [-0.25, -0.2) is 9.18 Å². The summed E-state index contributed by atoms with van der Waals surface area (Å²) in [7, 11) is -0.731. The summed E-state index contributed by atoms with van der Waals surface area (Å²) in [6.45, 7) is 7.66. The number of nitrogen functional groups attached to an aromatic ring is 1. The molecule has 130 valence electrons. The first kappa shape index (κ1) is 18.4. The molecule has 2 rings (SSSR count). The predicted molar refractivity (Wildman–Crippen MR) is 90.9 cm³/mol. The molecule has 1 aromatic rings. The number of nitrogens with two attached hydrogens (primary N) is 2. The fourth-order valence-electron chi connectivity index (χ4n) is 2.32. The van der Waals surface area contributed by atoms with Crippen LogP contribution < -0.4 is 11.5 Å². The van der Waals surface area contributed by atoms with Gasteiger partial charge >= 0.3 is 13.1 Å². The second-order valence-electron chi connectivity index (χ2n) is 6.78. The van der Waals surface area contributed by atoms with Crippen molar-refractivity contribution in [3.63, 3.8) is 0 Å². The first-order chi connectivity index (χ1) is 11.0. The maximum atomic E-state index is 14.1. The van der Waals surface area contributed by atoms with Crippen molar-refractivity contribution in [2.45, 2.75) is 38.9 Å². The van der Waals surface area contributed by atoms with Gasteiger partial charge in [-0.3, -0.25) is 0 Å². The van der Waals surface area contributed by atoms with Crippen molar-refractivity contribution in [2.24, 2.45) is 5.73 Å². The van der Waals surface area contributed by atoms with Crippen molar-refractivity contribution < 1.29 is 23.6 Å². The number of carbonyl (C=O) groups is 1. The molecule has 0 radical (unpaired) electrons. The number of carboxylic acid groups (broad SMARTS) is 1. The zero-order chi connectivity index (χ0) is 18.3. The summed E-state index contributed by atoms with van der Waals surface area (Å²) in [5.41, 5.74) is 10.4. The Morgan fingerprint density at radius 3 is 2.29 bits per heavy atom. The Kier molecular flexibility index (Phi) is 4.76. The number of carboxylic acids is 1. The topological polar surface area (TPSA) is 108 Å². The highest BCUT2D eigenvalue weighted by Gasteiger charge is 2.52. The van der Waals surface area contributed by atoms with E-state index < -0.39 is 30.1 Å². The van der Waals surface area contributed by atoms with Gasteiger partial charge in [0, 0.05) is 17.8 Å². The number of rotatable bonds is 4. The quantitative estimate of drug-likeness (QED) is 0.574. The minimum absolute atomic E-state index is 0.0664. The third kappa shape index (κ3) is 3.31. The van der Waals surface area contributed by atoms with Crippen LogP contribution >= 0.6 is 0 Å². The van der Waals surface area contributed by atoms with E-state index in [0.29, 0.717) is 5.47 Å². The molecular formula is C16H22BFN2O4. The van der Waals surface area contributed by atoms with E-state index in [1.54, 1.807) is 0 Å². The van der Waals surface area contributed by atoms with Crippen LogP contribution in [-0.2, 0) is 9.31 Å². The average Bonchev–Trinajstić information content (AvgIpc) is 2.66. The normalized spacial score (nSPS) is 19.6. The summed E-state index contributed by atoms with van der Waals surface area (Å²) in [6, 6.07) is 2.15. The summed E-state index contributed by atoms with van der Waals surface area (Å²) < 4.78 is 25.9. The molecule has 1 fully saturated rings. The number of halogens is 1. The molecule has 0 spiro atoms. The monoisotopic (exact) mass is 336 g/mol. The molecule has 0 aliphatic carbocycles. The first-order valence-corrected chi connectivity index (χ1v) is 7.57. The van der Waals surface area contributed by atoms with E-state index in [1.807, 2.05) is 27.7 Å². The van der Waals surface area contributed by atoms with E-state index in [4.69, 9.17) is 25.9 Å². The van der Waals surface area contributed by atoms with Gasteiger partial charge in [-0.1, -0.05) is 6.08 Å². The summed E-state index contributed by atoms with van der Waals surface area (Å²) in [4.78, 5) is 11.2. The van der Waals surface area contributed by atoms with E-state index in [-0.39, 0.29) is 23.4 Å². The molecule has 24 heavy (non-hydrogen) atoms. The highest BCUT2D eigenvalue weighted by molar-refractivity contribution is 6.55. The van der Waals surface area contributed by atoms with Gasteiger partial charge in [0.05, 0.1) is 16.8 Å². The number of anilines is 1. The zero-order valence-corrected chi connectivity index (χ0v) is 14.2. The molecule has 0 atom stereocenters. The Morgan fingerprint density at radius 2 is 1.83 bits per heavy atom. The molecule has 0 aromatic heterocycles. The van der Waals surface area contributed by atoms with Crippen LogP contribution in [0.3, 0.4) is 0 Å². The van der Waals surface area contributed by atoms with Crippen molar-refractivity contribution in [3.05, 3.63) is 34.5 Å². The lowest BCUT2D eigenvalue weighted by molar-refractivity contribution is 0.00578. The van der Waals surface area contributed by atoms with E-state index >= 15 is 0 Å². The Bertz CT molecular complexity index is 688. The van der Waals surface area contributed by atoms with E-state index in [1.165, 1.54) is 12.1 Å². The fraction of sp³-hybridized carbons (Fsp3) is 0.438. The Morgan fingerprint density at radius 1 is 1.29 bits per heavy atom. The van der Waals surface area contributed by atoms with Crippen LogP contribution in [0.25, 0.3) is 6.08 Å². The zero-order valence-electron chi connectivity index (χ0n) is 14.2. The maximum Gasteiger partial charge on any atom is 0.491 e. The molecule has 0 amide bonds. The molecule has 6 nitrogen and oxygen atoms in total. The second kappa shape index (κ2) is 6.20. The van der Waals surface area contributed by atoms with Crippen molar-refractivity contribution in [1.29, 1.82) is 0 Å². The molecule has 0 unspecified atom stereocenters. The van der Waals surface area contributed by atoms with Crippen molar-refractivity contribution in [1.82, 2.24) is 0 Å². The lowest BCUT2D eigenvalue weighted by atomic mass is 9.77. The Hall–Kier alpha value is -1.90. The standard InChI is InChI=1S/C16H22BFN2O4/c1-15(2)16(3,4)24-17(23-15)10(8-19)5-9-6-11(14(21)22)13(20)7-12(9)18/h5-7H,8,19-20H2,1-4H3,(H,21,22). The van der Waals surface area contributed by atoms with Crippen molar-refractivity contribution >= 4 is 24.9 Å². The van der Waals surface area contributed by atoms with Gasteiger partial charge in [-0.2, -0.15) is 0 Å². The van der Waals surface area contributed by atoms with Gasteiger partial charge in [0.2, 0.25) is 0 Å². The molecule has 1 saturated heterocycles. The van der Waals surface area contributed by atoms with Gasteiger partial charge in [0.25, 0.3) is 0 Å². The van der Waals surface area contributed by atoms with Gasteiger partial charge in [-0.05, 0) is 45.3 Å². The molecule has 1 aromatic carbocycles. The van der Waals surface area contributed by atoms with Gasteiger partial charge < -0.3 is 25.9 Å². The molecule has 1 aliphatic heterocycles. The number of hydrogen-bond acceptors (Lipinski definition) is 5. The Balaban J connectivity index is 2.42. The Labute approximate surface area is 140 Å².